The summed E-state index contributed by atoms with van der Waals surface area (Å²) in [6.07, 6.45) is 3.66. The molecule has 1 amide bonds. The predicted octanol–water partition coefficient (Wildman–Crippen LogP) is 3.97. The van der Waals surface area contributed by atoms with Gasteiger partial charge in [-0.05, 0) is 44.4 Å². The lowest BCUT2D eigenvalue weighted by molar-refractivity contribution is -0.136. The molecule has 6 heteroatoms. The van der Waals surface area contributed by atoms with E-state index >= 15 is 0 Å². The number of aromatic nitrogens is 2. The van der Waals surface area contributed by atoms with Crippen LogP contribution < -0.4 is 0 Å². The van der Waals surface area contributed by atoms with Gasteiger partial charge < -0.3 is 4.90 Å². The number of nitrogens with zero attached hydrogens (tertiary/aromatic N) is 2. The van der Waals surface area contributed by atoms with Crippen molar-refractivity contribution >= 4 is 29.1 Å². The zero-order valence-corrected chi connectivity index (χ0v) is 14.7. The maximum Gasteiger partial charge on any atom is 0.232 e. The van der Waals surface area contributed by atoms with Gasteiger partial charge in [-0.15, -0.1) is 0 Å². The normalized spacial score (nSPS) is 15.2. The van der Waals surface area contributed by atoms with E-state index in [0.717, 1.165) is 36.2 Å². The Hall–Kier alpha value is -1.52. The summed E-state index contributed by atoms with van der Waals surface area (Å²) >= 11 is 12.1. The fourth-order valence-corrected chi connectivity index (χ4v) is 3.30. The third-order valence-corrected chi connectivity index (χ3v) is 5.23. The van der Waals surface area contributed by atoms with Gasteiger partial charge in [0.1, 0.15) is 0 Å². The number of halogens is 2. The summed E-state index contributed by atoms with van der Waals surface area (Å²) in [4.78, 5) is 15.0. The summed E-state index contributed by atoms with van der Waals surface area (Å²) in [5.41, 5.74) is 2.43. The molecule has 0 spiro atoms. The molecule has 1 aromatic carbocycles. The SMILES string of the molecule is CC(C)(C(=O)N1CCCc2[nH]ncc2C1)c1ccc(Cl)c(Cl)c1. The molecule has 1 aliphatic heterocycles. The van der Waals surface area contributed by atoms with Crippen molar-refractivity contribution in [2.75, 3.05) is 6.54 Å². The molecule has 0 saturated heterocycles. The van der Waals surface area contributed by atoms with Crippen molar-refractivity contribution in [3.63, 3.8) is 0 Å². The van der Waals surface area contributed by atoms with E-state index in [1.165, 1.54) is 0 Å². The van der Waals surface area contributed by atoms with Crippen LogP contribution in [-0.4, -0.2) is 27.5 Å². The number of nitrogens with one attached hydrogen (secondary N) is 1. The van der Waals surface area contributed by atoms with Gasteiger partial charge in [0, 0.05) is 24.3 Å². The van der Waals surface area contributed by atoms with E-state index < -0.39 is 5.41 Å². The Morgan fingerprint density at radius 2 is 2.09 bits per heavy atom. The van der Waals surface area contributed by atoms with Crippen molar-refractivity contribution in [3.8, 4) is 0 Å². The average molecular weight is 352 g/mol. The largest absolute Gasteiger partial charge is 0.337 e. The van der Waals surface area contributed by atoms with E-state index in [-0.39, 0.29) is 5.91 Å². The van der Waals surface area contributed by atoms with Crippen molar-refractivity contribution in [1.29, 1.82) is 0 Å². The molecule has 1 aliphatic rings. The second-order valence-corrected chi connectivity index (χ2v) is 7.27. The van der Waals surface area contributed by atoms with Crippen LogP contribution in [-0.2, 0) is 23.2 Å². The van der Waals surface area contributed by atoms with Crippen molar-refractivity contribution in [2.24, 2.45) is 0 Å². The highest BCUT2D eigenvalue weighted by molar-refractivity contribution is 6.42. The Morgan fingerprint density at radius 1 is 1.30 bits per heavy atom. The summed E-state index contributed by atoms with van der Waals surface area (Å²) in [6.45, 7) is 5.19. The van der Waals surface area contributed by atoms with Crippen molar-refractivity contribution in [3.05, 3.63) is 51.3 Å². The Balaban J connectivity index is 1.87. The second kappa shape index (κ2) is 6.17. The zero-order chi connectivity index (χ0) is 16.6. The molecule has 122 valence electrons. The fourth-order valence-electron chi connectivity index (χ4n) is 3.00. The first-order valence-corrected chi connectivity index (χ1v) is 8.41. The Kier molecular flexibility index (Phi) is 4.39. The van der Waals surface area contributed by atoms with Gasteiger partial charge in [0.05, 0.1) is 21.7 Å². The number of benzene rings is 1. The van der Waals surface area contributed by atoms with Crippen LogP contribution in [0.1, 0.15) is 37.1 Å². The highest BCUT2D eigenvalue weighted by Gasteiger charge is 2.35. The van der Waals surface area contributed by atoms with Gasteiger partial charge in [0.25, 0.3) is 0 Å². The summed E-state index contributed by atoms with van der Waals surface area (Å²) in [5.74, 6) is 0.0879. The first-order valence-electron chi connectivity index (χ1n) is 7.65. The van der Waals surface area contributed by atoms with Gasteiger partial charge >= 0.3 is 0 Å². The quantitative estimate of drug-likeness (QED) is 0.889. The van der Waals surface area contributed by atoms with E-state index in [2.05, 4.69) is 10.2 Å². The van der Waals surface area contributed by atoms with Gasteiger partial charge in [-0.3, -0.25) is 9.89 Å². The standard InChI is InChI=1S/C17H19Cl2N3O/c1-17(2,12-5-6-13(18)14(19)8-12)16(23)22-7-3-4-15-11(10-22)9-20-21-15/h5-6,8-9H,3-4,7,10H2,1-2H3,(H,20,21). The van der Waals surface area contributed by atoms with Gasteiger partial charge in [0.15, 0.2) is 0 Å². The number of carbonyl (C=O) groups excluding carboxylic acids is 1. The Bertz CT molecular complexity index is 739. The minimum atomic E-state index is -0.664. The molecule has 4 nitrogen and oxygen atoms in total. The lowest BCUT2D eigenvalue weighted by Gasteiger charge is -2.32. The van der Waals surface area contributed by atoms with E-state index in [1.54, 1.807) is 12.1 Å². The molecule has 0 atom stereocenters. The maximum atomic E-state index is 13.1. The van der Waals surface area contributed by atoms with Gasteiger partial charge in [-0.1, -0.05) is 29.3 Å². The van der Waals surface area contributed by atoms with E-state index in [1.807, 2.05) is 31.0 Å². The first kappa shape index (κ1) is 16.3. The zero-order valence-electron chi connectivity index (χ0n) is 13.2. The summed E-state index contributed by atoms with van der Waals surface area (Å²) in [5, 5.41) is 8.07. The summed E-state index contributed by atoms with van der Waals surface area (Å²) in [6, 6.07) is 5.39. The highest BCUT2D eigenvalue weighted by atomic mass is 35.5. The monoisotopic (exact) mass is 351 g/mol. The molecular formula is C17H19Cl2N3O. The molecule has 1 aromatic heterocycles. The van der Waals surface area contributed by atoms with E-state index in [0.29, 0.717) is 16.6 Å². The van der Waals surface area contributed by atoms with Crippen LogP contribution in [0.25, 0.3) is 0 Å². The molecule has 2 heterocycles. The number of carbonyl (C=O) groups is 1. The fraction of sp³-hybridized carbons (Fsp3) is 0.412. The van der Waals surface area contributed by atoms with Crippen LogP contribution in [0.5, 0.6) is 0 Å². The van der Waals surface area contributed by atoms with Crippen LogP contribution >= 0.6 is 23.2 Å². The molecule has 0 unspecified atom stereocenters. The topological polar surface area (TPSA) is 49.0 Å². The first-order chi connectivity index (χ1) is 10.9. The third-order valence-electron chi connectivity index (χ3n) is 4.49. The number of aromatic amines is 1. The number of hydrogen-bond acceptors (Lipinski definition) is 2. The minimum Gasteiger partial charge on any atom is -0.337 e. The third kappa shape index (κ3) is 3.10. The molecule has 0 saturated carbocycles. The maximum absolute atomic E-state index is 13.1. The van der Waals surface area contributed by atoms with Gasteiger partial charge in [-0.2, -0.15) is 5.10 Å². The molecule has 3 rings (SSSR count). The lowest BCUT2D eigenvalue weighted by Crippen LogP contribution is -2.43. The molecule has 0 radical (unpaired) electrons. The number of aryl methyl sites for hydroxylation is 1. The van der Waals surface area contributed by atoms with Crippen LogP contribution in [0.15, 0.2) is 24.4 Å². The Labute approximate surface area is 145 Å². The van der Waals surface area contributed by atoms with Crippen molar-refractivity contribution < 1.29 is 4.79 Å². The second-order valence-electron chi connectivity index (χ2n) is 6.46. The number of H-pyrrole nitrogens is 1. The lowest BCUT2D eigenvalue weighted by atomic mass is 9.83. The number of amides is 1. The van der Waals surface area contributed by atoms with Crippen LogP contribution in [0, 0.1) is 0 Å². The predicted molar refractivity (Wildman–Crippen MR) is 91.8 cm³/mol. The molecule has 2 aromatic rings. The average Bonchev–Trinajstić information content (AvgIpc) is 2.86. The van der Waals surface area contributed by atoms with Gasteiger partial charge in [0.2, 0.25) is 5.91 Å². The van der Waals surface area contributed by atoms with Crippen molar-refractivity contribution in [1.82, 2.24) is 15.1 Å². The molecule has 0 fully saturated rings. The summed E-state index contributed by atoms with van der Waals surface area (Å²) in [7, 11) is 0. The van der Waals surface area contributed by atoms with Crippen LogP contribution in [0.2, 0.25) is 10.0 Å². The van der Waals surface area contributed by atoms with Crippen LogP contribution in [0.4, 0.5) is 0 Å². The number of rotatable bonds is 2. The molecular weight excluding hydrogens is 333 g/mol. The van der Waals surface area contributed by atoms with E-state index in [4.69, 9.17) is 23.2 Å². The molecule has 0 aliphatic carbocycles. The molecule has 1 N–H and O–H groups in total. The number of hydrogen-bond donors (Lipinski definition) is 1. The highest BCUT2D eigenvalue weighted by Crippen LogP contribution is 2.32. The smallest absolute Gasteiger partial charge is 0.232 e. The van der Waals surface area contributed by atoms with E-state index in [9.17, 15) is 4.79 Å². The summed E-state index contributed by atoms with van der Waals surface area (Å²) < 4.78 is 0. The van der Waals surface area contributed by atoms with Crippen molar-refractivity contribution in [2.45, 2.75) is 38.6 Å². The van der Waals surface area contributed by atoms with Crippen LogP contribution in [0.3, 0.4) is 0 Å². The molecule has 23 heavy (non-hydrogen) atoms. The minimum absolute atomic E-state index is 0.0879. The van der Waals surface area contributed by atoms with Gasteiger partial charge in [-0.25, -0.2) is 0 Å². The number of fused-ring (bicyclic) bond motifs is 1. The Morgan fingerprint density at radius 3 is 2.83 bits per heavy atom. The molecule has 0 bridgehead atoms.